The normalized spacial score (nSPS) is 12.2. The Kier molecular flexibility index (Phi) is 6.16. The van der Waals surface area contributed by atoms with E-state index in [4.69, 9.17) is 15.3 Å². The summed E-state index contributed by atoms with van der Waals surface area (Å²) in [6, 6.07) is 13.5. The average Bonchev–Trinajstić information content (AvgIpc) is 2.47. The number of ether oxygens (including phenoxy) is 1. The molecule has 20 heavy (non-hydrogen) atoms. The van der Waals surface area contributed by atoms with Crippen molar-refractivity contribution in [3.63, 3.8) is 0 Å². The third kappa shape index (κ3) is 4.35. The lowest BCUT2D eigenvalue weighted by molar-refractivity contribution is 0.109. The molecule has 0 spiro atoms. The predicted octanol–water partition coefficient (Wildman–Crippen LogP) is 3.55. The van der Waals surface area contributed by atoms with Gasteiger partial charge in [-0.25, -0.2) is 0 Å². The van der Waals surface area contributed by atoms with Crippen LogP contribution in [-0.4, -0.2) is 12.8 Å². The van der Waals surface area contributed by atoms with Crippen LogP contribution >= 0.6 is 0 Å². The zero-order valence-corrected chi connectivity index (χ0v) is 11.9. The number of allylic oxidation sites excluding steroid dienone is 2. The summed E-state index contributed by atoms with van der Waals surface area (Å²) in [6.45, 7) is 3.53. The lowest BCUT2D eigenvalue weighted by atomic mass is 10.0. The Labute approximate surface area is 119 Å². The highest BCUT2D eigenvalue weighted by molar-refractivity contribution is 5.83. The zero-order valence-electron chi connectivity index (χ0n) is 11.9. The molecule has 0 aliphatic rings. The van der Waals surface area contributed by atoms with Crippen LogP contribution in [0, 0.1) is 22.7 Å². The van der Waals surface area contributed by atoms with Crippen LogP contribution in [0.4, 0.5) is 0 Å². The fourth-order valence-electron chi connectivity index (χ4n) is 1.85. The van der Waals surface area contributed by atoms with Gasteiger partial charge in [-0.15, -0.1) is 0 Å². The maximum atomic E-state index is 8.79. The Bertz CT molecular complexity index is 572. The van der Waals surface area contributed by atoms with E-state index in [-0.39, 0.29) is 11.7 Å². The van der Waals surface area contributed by atoms with E-state index >= 15 is 0 Å². The van der Waals surface area contributed by atoms with Crippen LogP contribution in [-0.2, 0) is 4.74 Å². The van der Waals surface area contributed by atoms with Crippen molar-refractivity contribution in [1.29, 1.82) is 10.5 Å². The van der Waals surface area contributed by atoms with E-state index in [2.05, 4.69) is 4.99 Å². The molecule has 1 atom stereocenters. The second kappa shape index (κ2) is 7.89. The third-order valence-electron chi connectivity index (χ3n) is 2.88. The molecule has 0 fully saturated rings. The van der Waals surface area contributed by atoms with Crippen LogP contribution < -0.4 is 0 Å². The summed E-state index contributed by atoms with van der Waals surface area (Å²) in [7, 11) is 1.66. The molecule has 1 aromatic carbocycles. The first kappa shape index (κ1) is 15.6. The van der Waals surface area contributed by atoms with E-state index < -0.39 is 0 Å². The number of hydrogen-bond acceptors (Lipinski definition) is 4. The van der Waals surface area contributed by atoms with Crippen LogP contribution in [0.5, 0.6) is 0 Å². The van der Waals surface area contributed by atoms with Gasteiger partial charge in [0.2, 0.25) is 0 Å². The molecule has 0 aliphatic carbocycles. The SMILES string of the molecule is COC(CC(C)=NC(C)=C(C#N)C#N)c1ccccc1. The fraction of sp³-hybridized carbons (Fsp3) is 0.312. The third-order valence-corrected chi connectivity index (χ3v) is 2.88. The largest absolute Gasteiger partial charge is 0.376 e. The van der Waals surface area contributed by atoms with Gasteiger partial charge in [0.15, 0.2) is 5.57 Å². The molecule has 0 saturated carbocycles. The summed E-state index contributed by atoms with van der Waals surface area (Å²) in [5.41, 5.74) is 2.38. The Morgan fingerprint density at radius 3 is 2.30 bits per heavy atom. The van der Waals surface area contributed by atoms with Gasteiger partial charge in [0.25, 0.3) is 0 Å². The summed E-state index contributed by atoms with van der Waals surface area (Å²) in [5, 5.41) is 17.6. The summed E-state index contributed by atoms with van der Waals surface area (Å²) < 4.78 is 5.47. The van der Waals surface area contributed by atoms with Gasteiger partial charge in [0.05, 0.1) is 11.8 Å². The Morgan fingerprint density at radius 2 is 1.80 bits per heavy atom. The predicted molar refractivity (Wildman–Crippen MR) is 77.8 cm³/mol. The summed E-state index contributed by atoms with van der Waals surface area (Å²) in [4.78, 5) is 4.30. The number of nitriles is 2. The molecule has 0 radical (unpaired) electrons. The number of benzene rings is 1. The molecule has 1 aromatic rings. The van der Waals surface area contributed by atoms with E-state index in [9.17, 15) is 0 Å². The number of methoxy groups -OCH3 is 1. The van der Waals surface area contributed by atoms with Gasteiger partial charge in [-0.05, 0) is 19.4 Å². The molecule has 1 unspecified atom stereocenters. The molecule has 0 N–H and O–H groups in total. The molecule has 0 heterocycles. The zero-order chi connectivity index (χ0) is 15.0. The van der Waals surface area contributed by atoms with Gasteiger partial charge in [0, 0.05) is 19.2 Å². The van der Waals surface area contributed by atoms with Gasteiger partial charge in [-0.2, -0.15) is 10.5 Å². The topological polar surface area (TPSA) is 69.2 Å². The Balaban J connectivity index is 2.90. The van der Waals surface area contributed by atoms with Gasteiger partial charge in [-0.1, -0.05) is 30.3 Å². The lowest BCUT2D eigenvalue weighted by Gasteiger charge is -2.15. The summed E-state index contributed by atoms with van der Waals surface area (Å²) in [6.07, 6.45) is 0.530. The van der Waals surface area contributed by atoms with E-state index in [1.165, 1.54) is 0 Å². The second-order valence-electron chi connectivity index (χ2n) is 4.37. The molecule has 0 aromatic heterocycles. The Morgan fingerprint density at radius 1 is 1.20 bits per heavy atom. The van der Waals surface area contributed by atoms with Gasteiger partial charge in [-0.3, -0.25) is 4.99 Å². The van der Waals surface area contributed by atoms with E-state index in [0.717, 1.165) is 11.3 Å². The minimum Gasteiger partial charge on any atom is -0.376 e. The average molecular weight is 267 g/mol. The van der Waals surface area contributed by atoms with Crippen LogP contribution in [0.1, 0.15) is 31.9 Å². The minimum absolute atomic E-state index is 0.0398. The molecular formula is C16H17N3O. The molecule has 0 saturated heterocycles. The molecule has 1 rings (SSSR count). The van der Waals surface area contributed by atoms with Gasteiger partial charge >= 0.3 is 0 Å². The monoisotopic (exact) mass is 267 g/mol. The quantitative estimate of drug-likeness (QED) is 0.605. The van der Waals surface area contributed by atoms with Crippen LogP contribution in [0.15, 0.2) is 46.6 Å². The first-order chi connectivity index (χ1) is 9.62. The van der Waals surface area contributed by atoms with Crippen molar-refractivity contribution in [2.45, 2.75) is 26.4 Å². The van der Waals surface area contributed by atoms with Crippen molar-refractivity contribution in [1.82, 2.24) is 0 Å². The number of hydrogen-bond donors (Lipinski definition) is 0. The van der Waals surface area contributed by atoms with Crippen LogP contribution in [0.3, 0.4) is 0 Å². The standard InChI is InChI=1S/C16H17N3O/c1-12(19-13(2)15(10-17)11-18)9-16(20-3)14-7-5-4-6-8-14/h4-8,16H,9H2,1-3H3. The smallest absolute Gasteiger partial charge is 0.150 e. The van der Waals surface area contributed by atoms with Crippen molar-refractivity contribution in [2.75, 3.05) is 7.11 Å². The summed E-state index contributed by atoms with van der Waals surface area (Å²) in [5.74, 6) is 0. The Hall–Kier alpha value is -2.43. The van der Waals surface area contributed by atoms with Crippen molar-refractivity contribution in [3.8, 4) is 12.1 Å². The van der Waals surface area contributed by atoms with Crippen molar-refractivity contribution in [2.24, 2.45) is 4.99 Å². The van der Waals surface area contributed by atoms with Crippen molar-refractivity contribution in [3.05, 3.63) is 47.2 Å². The highest BCUT2D eigenvalue weighted by Crippen LogP contribution is 2.21. The molecule has 102 valence electrons. The number of nitrogens with zero attached hydrogens (tertiary/aromatic N) is 3. The van der Waals surface area contributed by atoms with Crippen molar-refractivity contribution < 1.29 is 4.74 Å². The maximum Gasteiger partial charge on any atom is 0.150 e. The van der Waals surface area contributed by atoms with Gasteiger partial charge in [0.1, 0.15) is 12.1 Å². The summed E-state index contributed by atoms with van der Waals surface area (Å²) >= 11 is 0. The molecule has 4 heteroatoms. The lowest BCUT2D eigenvalue weighted by Crippen LogP contribution is -2.07. The maximum absolute atomic E-state index is 8.79. The van der Waals surface area contributed by atoms with E-state index in [1.54, 1.807) is 14.0 Å². The highest BCUT2D eigenvalue weighted by Gasteiger charge is 2.11. The second-order valence-corrected chi connectivity index (χ2v) is 4.37. The first-order valence-electron chi connectivity index (χ1n) is 6.25. The minimum atomic E-state index is -0.0830. The molecule has 0 aliphatic heterocycles. The number of aliphatic imine (C=N–C) groups is 1. The van der Waals surface area contributed by atoms with E-state index in [1.807, 2.05) is 49.4 Å². The van der Waals surface area contributed by atoms with Gasteiger partial charge < -0.3 is 4.74 Å². The number of rotatable bonds is 5. The molecule has 0 bridgehead atoms. The van der Waals surface area contributed by atoms with Crippen molar-refractivity contribution >= 4 is 5.71 Å². The molecular weight excluding hydrogens is 250 g/mol. The highest BCUT2D eigenvalue weighted by atomic mass is 16.5. The van der Waals surface area contributed by atoms with Crippen LogP contribution in [0.25, 0.3) is 0 Å². The first-order valence-corrected chi connectivity index (χ1v) is 6.25. The fourth-order valence-corrected chi connectivity index (χ4v) is 1.85. The van der Waals surface area contributed by atoms with Crippen LogP contribution in [0.2, 0.25) is 0 Å². The van der Waals surface area contributed by atoms with E-state index in [0.29, 0.717) is 12.1 Å². The molecule has 4 nitrogen and oxygen atoms in total. The molecule has 0 amide bonds.